The highest BCUT2D eigenvalue weighted by Gasteiger charge is 2.32. The standard InChI is InChI=1S/C23H22FN5O3S2/c1-15-21-18(14-19(20-7-4-12-33-20)25-22(21)27(2)26-15)23(30)28-8-10-29(11-9-28)34(31,32)17-6-3-5-16(24)13-17/h3-7,12-14H,8-11H2,1-2H3. The Morgan fingerprint density at radius 2 is 1.85 bits per heavy atom. The highest BCUT2D eigenvalue weighted by molar-refractivity contribution is 7.89. The first kappa shape index (κ1) is 22.6. The molecule has 0 aliphatic carbocycles. The van der Waals surface area contributed by atoms with Crippen molar-refractivity contribution in [1.29, 1.82) is 0 Å². The summed E-state index contributed by atoms with van der Waals surface area (Å²) in [5, 5.41) is 7.11. The van der Waals surface area contributed by atoms with Gasteiger partial charge in [0, 0.05) is 33.2 Å². The van der Waals surface area contributed by atoms with Gasteiger partial charge in [0.2, 0.25) is 10.0 Å². The quantitative estimate of drug-likeness (QED) is 0.430. The third-order valence-electron chi connectivity index (χ3n) is 5.93. The predicted molar refractivity (Wildman–Crippen MR) is 128 cm³/mol. The summed E-state index contributed by atoms with van der Waals surface area (Å²) >= 11 is 1.54. The van der Waals surface area contributed by atoms with Crippen LogP contribution in [0.5, 0.6) is 0 Å². The molecule has 0 bridgehead atoms. The Balaban J connectivity index is 1.43. The number of hydrogen-bond donors (Lipinski definition) is 0. The van der Waals surface area contributed by atoms with Crippen LogP contribution >= 0.6 is 11.3 Å². The molecule has 0 saturated carbocycles. The van der Waals surface area contributed by atoms with Crippen molar-refractivity contribution in [2.45, 2.75) is 11.8 Å². The van der Waals surface area contributed by atoms with E-state index in [9.17, 15) is 17.6 Å². The maximum Gasteiger partial charge on any atom is 0.254 e. The average Bonchev–Trinajstić information content (AvgIpc) is 3.47. The average molecular weight is 500 g/mol. The van der Waals surface area contributed by atoms with E-state index in [1.807, 2.05) is 24.4 Å². The number of aromatic nitrogens is 3. The molecule has 1 aliphatic heterocycles. The minimum Gasteiger partial charge on any atom is -0.336 e. The maximum absolute atomic E-state index is 13.6. The van der Waals surface area contributed by atoms with Gasteiger partial charge < -0.3 is 4.90 Å². The van der Waals surface area contributed by atoms with E-state index < -0.39 is 15.8 Å². The zero-order valence-corrected chi connectivity index (χ0v) is 20.2. The summed E-state index contributed by atoms with van der Waals surface area (Å²) in [4.78, 5) is 20.9. The second kappa shape index (κ2) is 8.57. The van der Waals surface area contributed by atoms with E-state index in [1.54, 1.807) is 22.7 Å². The van der Waals surface area contributed by atoms with Gasteiger partial charge in [-0.3, -0.25) is 9.48 Å². The molecule has 1 aromatic carbocycles. The van der Waals surface area contributed by atoms with Gasteiger partial charge in [-0.05, 0) is 42.6 Å². The molecule has 1 saturated heterocycles. The van der Waals surface area contributed by atoms with Gasteiger partial charge in [0.15, 0.2) is 5.65 Å². The fourth-order valence-electron chi connectivity index (χ4n) is 4.24. The molecule has 34 heavy (non-hydrogen) atoms. The number of thiophene rings is 1. The Bertz CT molecular complexity index is 1490. The van der Waals surface area contributed by atoms with Gasteiger partial charge in [-0.15, -0.1) is 11.3 Å². The number of benzene rings is 1. The van der Waals surface area contributed by atoms with Gasteiger partial charge in [-0.1, -0.05) is 12.1 Å². The first-order valence-corrected chi connectivity index (χ1v) is 13.0. The molecule has 0 spiro atoms. The number of halogens is 1. The number of nitrogens with zero attached hydrogens (tertiary/aromatic N) is 5. The van der Waals surface area contributed by atoms with Crippen LogP contribution in [0.1, 0.15) is 16.1 Å². The molecule has 0 unspecified atom stereocenters. The predicted octanol–water partition coefficient (Wildman–Crippen LogP) is 3.29. The molecule has 176 valence electrons. The Morgan fingerprint density at radius 1 is 1.09 bits per heavy atom. The van der Waals surface area contributed by atoms with Gasteiger partial charge >= 0.3 is 0 Å². The van der Waals surface area contributed by atoms with Crippen LogP contribution in [0.2, 0.25) is 0 Å². The topological polar surface area (TPSA) is 88.4 Å². The highest BCUT2D eigenvalue weighted by Crippen LogP contribution is 2.30. The van der Waals surface area contributed by atoms with Crippen LogP contribution in [0.4, 0.5) is 4.39 Å². The van der Waals surface area contributed by atoms with Crippen LogP contribution in [0.3, 0.4) is 0 Å². The van der Waals surface area contributed by atoms with Crippen LogP contribution in [0.15, 0.2) is 52.7 Å². The normalized spacial score (nSPS) is 15.2. The summed E-state index contributed by atoms with van der Waals surface area (Å²) in [6.45, 7) is 2.55. The fraction of sp³-hybridized carbons (Fsp3) is 0.261. The van der Waals surface area contributed by atoms with E-state index in [-0.39, 0.29) is 37.0 Å². The molecular weight excluding hydrogens is 477 g/mol. The maximum atomic E-state index is 13.6. The second-order valence-corrected chi connectivity index (χ2v) is 11.0. The minimum atomic E-state index is -3.84. The molecular formula is C23H22FN5O3S2. The summed E-state index contributed by atoms with van der Waals surface area (Å²) in [6, 6.07) is 10.6. The van der Waals surface area contributed by atoms with E-state index in [4.69, 9.17) is 4.98 Å². The summed E-state index contributed by atoms with van der Waals surface area (Å²) in [6.07, 6.45) is 0. The zero-order valence-electron chi connectivity index (χ0n) is 18.6. The third kappa shape index (κ3) is 3.89. The Morgan fingerprint density at radius 3 is 2.53 bits per heavy atom. The molecule has 0 atom stereocenters. The monoisotopic (exact) mass is 499 g/mol. The number of piperazine rings is 1. The van der Waals surface area contributed by atoms with Gasteiger partial charge in [0.05, 0.1) is 32.1 Å². The summed E-state index contributed by atoms with van der Waals surface area (Å²) in [5.74, 6) is -0.797. The van der Waals surface area contributed by atoms with Crippen molar-refractivity contribution >= 4 is 38.3 Å². The molecule has 4 aromatic rings. The number of pyridine rings is 1. The molecule has 8 nitrogen and oxygen atoms in total. The third-order valence-corrected chi connectivity index (χ3v) is 8.72. The highest BCUT2D eigenvalue weighted by atomic mass is 32.2. The molecule has 0 radical (unpaired) electrons. The lowest BCUT2D eigenvalue weighted by Gasteiger charge is -2.34. The number of hydrogen-bond acceptors (Lipinski definition) is 6. The minimum absolute atomic E-state index is 0.0882. The lowest BCUT2D eigenvalue weighted by Crippen LogP contribution is -2.50. The van der Waals surface area contributed by atoms with Crippen LogP contribution in [-0.4, -0.2) is 64.5 Å². The Hall–Kier alpha value is -3.15. The van der Waals surface area contributed by atoms with Crippen LogP contribution in [0, 0.1) is 12.7 Å². The van der Waals surface area contributed by atoms with Crippen LogP contribution in [-0.2, 0) is 17.1 Å². The van der Waals surface area contributed by atoms with Crippen molar-refractivity contribution in [1.82, 2.24) is 24.0 Å². The number of carbonyl (C=O) groups is 1. The fourth-order valence-corrected chi connectivity index (χ4v) is 6.38. The Kier molecular flexibility index (Phi) is 5.70. The second-order valence-electron chi connectivity index (χ2n) is 8.09. The molecule has 5 rings (SSSR count). The van der Waals surface area contributed by atoms with Gasteiger partial charge in [-0.2, -0.15) is 9.40 Å². The number of rotatable bonds is 4. The number of amides is 1. The lowest BCUT2D eigenvalue weighted by atomic mass is 10.1. The van der Waals surface area contributed by atoms with E-state index in [1.165, 1.54) is 33.8 Å². The molecule has 1 amide bonds. The van der Waals surface area contributed by atoms with Crippen LogP contribution < -0.4 is 0 Å². The summed E-state index contributed by atoms with van der Waals surface area (Å²) in [5.41, 5.74) is 2.53. The van der Waals surface area contributed by atoms with E-state index in [2.05, 4.69) is 5.10 Å². The van der Waals surface area contributed by atoms with E-state index in [0.717, 1.165) is 10.9 Å². The van der Waals surface area contributed by atoms with E-state index in [0.29, 0.717) is 28.0 Å². The van der Waals surface area contributed by atoms with Crippen molar-refractivity contribution in [3.63, 3.8) is 0 Å². The van der Waals surface area contributed by atoms with Gasteiger partial charge in [-0.25, -0.2) is 17.8 Å². The Labute approximate surface area is 200 Å². The first-order valence-electron chi connectivity index (χ1n) is 10.7. The first-order chi connectivity index (χ1) is 16.3. The van der Waals surface area contributed by atoms with Gasteiger partial charge in [0.1, 0.15) is 5.82 Å². The van der Waals surface area contributed by atoms with Crippen molar-refractivity contribution < 1.29 is 17.6 Å². The largest absolute Gasteiger partial charge is 0.336 e. The lowest BCUT2D eigenvalue weighted by molar-refractivity contribution is 0.0700. The number of carbonyl (C=O) groups excluding carboxylic acids is 1. The molecule has 11 heteroatoms. The number of aryl methyl sites for hydroxylation is 2. The number of fused-ring (bicyclic) bond motifs is 1. The van der Waals surface area contributed by atoms with Crippen molar-refractivity contribution in [3.05, 3.63) is 64.9 Å². The smallest absolute Gasteiger partial charge is 0.254 e. The van der Waals surface area contributed by atoms with Crippen molar-refractivity contribution in [2.24, 2.45) is 7.05 Å². The van der Waals surface area contributed by atoms with Gasteiger partial charge in [0.25, 0.3) is 5.91 Å². The SMILES string of the molecule is Cc1nn(C)c2nc(-c3cccs3)cc(C(=O)N3CCN(S(=O)(=O)c4cccc(F)c4)CC3)c12. The van der Waals surface area contributed by atoms with Crippen LogP contribution in [0.25, 0.3) is 21.6 Å². The summed E-state index contributed by atoms with van der Waals surface area (Å²) < 4.78 is 42.4. The molecule has 1 aliphatic rings. The van der Waals surface area contributed by atoms with Crippen molar-refractivity contribution in [2.75, 3.05) is 26.2 Å². The number of sulfonamides is 1. The summed E-state index contributed by atoms with van der Waals surface area (Å²) in [7, 11) is -2.04. The molecule has 1 fully saturated rings. The van der Waals surface area contributed by atoms with Crippen molar-refractivity contribution in [3.8, 4) is 10.6 Å². The zero-order chi connectivity index (χ0) is 24.0. The molecule has 0 N–H and O–H groups in total. The molecule has 3 aromatic heterocycles. The molecule has 4 heterocycles. The van der Waals surface area contributed by atoms with E-state index >= 15 is 0 Å².